The van der Waals surface area contributed by atoms with E-state index < -0.39 is 9.84 Å². The van der Waals surface area contributed by atoms with Crippen LogP contribution >= 0.6 is 0 Å². The topological polar surface area (TPSA) is 86.5 Å². The second-order valence-corrected chi connectivity index (χ2v) is 6.95. The molecule has 1 aliphatic carbocycles. The highest BCUT2D eigenvalue weighted by atomic mass is 32.2. The van der Waals surface area contributed by atoms with E-state index >= 15 is 0 Å². The van der Waals surface area contributed by atoms with Crippen molar-refractivity contribution in [1.82, 2.24) is 0 Å². The van der Waals surface area contributed by atoms with Gasteiger partial charge in [-0.3, -0.25) is 4.79 Å². The summed E-state index contributed by atoms with van der Waals surface area (Å²) in [6.07, 6.45) is 3.94. The minimum absolute atomic E-state index is 0.00630. The second-order valence-electron chi connectivity index (χ2n) is 4.62. The molecule has 0 heterocycles. The Bertz CT molecular complexity index is 352. The Morgan fingerprint density at radius 2 is 2.12 bits per heavy atom. The molecular weight excluding hydrogens is 242 g/mol. The first-order chi connectivity index (χ1) is 7.95. The molecule has 2 N–H and O–H groups in total. The quantitative estimate of drug-likeness (QED) is 0.689. The molecule has 1 saturated carbocycles. The molecule has 17 heavy (non-hydrogen) atoms. The van der Waals surface area contributed by atoms with Crippen LogP contribution in [0, 0.1) is 5.92 Å². The van der Waals surface area contributed by atoms with Crippen molar-refractivity contribution in [1.29, 1.82) is 0 Å². The Labute approximate surface area is 103 Å². The molecule has 1 aliphatic rings. The largest absolute Gasteiger partial charge is 0.372 e. The van der Waals surface area contributed by atoms with E-state index in [0.29, 0.717) is 26.0 Å². The summed E-state index contributed by atoms with van der Waals surface area (Å²) in [6, 6.07) is 0. The normalized spacial score (nSPS) is 25.8. The fraction of sp³-hybridized carbons (Fsp3) is 0.909. The lowest BCUT2D eigenvalue weighted by atomic mass is 9.86. The van der Waals surface area contributed by atoms with Gasteiger partial charge in [0, 0.05) is 18.7 Å². The van der Waals surface area contributed by atoms with E-state index in [1.807, 2.05) is 0 Å². The van der Waals surface area contributed by atoms with Crippen molar-refractivity contribution in [3.8, 4) is 0 Å². The number of hydrogen-bond donors (Lipinski definition) is 1. The molecule has 2 unspecified atom stereocenters. The molecule has 2 atom stereocenters. The van der Waals surface area contributed by atoms with Crippen molar-refractivity contribution in [3.63, 3.8) is 0 Å². The summed E-state index contributed by atoms with van der Waals surface area (Å²) in [5.41, 5.74) is 5.26. The van der Waals surface area contributed by atoms with Gasteiger partial charge in [-0.2, -0.15) is 0 Å². The van der Waals surface area contributed by atoms with Crippen LogP contribution in [0.15, 0.2) is 0 Å². The standard InChI is InChI=1S/C11H21NO4S/c1-17(14,15)10-4-2-3-9(7-10)11(13)8-16-6-5-12/h9-10H,2-8,12H2,1H3. The number of Topliss-reactive ketones (excluding diaryl/α,β-unsaturated/α-hetero) is 1. The molecule has 0 aliphatic heterocycles. The average Bonchev–Trinajstić information content (AvgIpc) is 2.28. The van der Waals surface area contributed by atoms with Crippen LogP contribution in [0.4, 0.5) is 0 Å². The number of nitrogens with two attached hydrogens (primary N) is 1. The predicted molar refractivity (Wildman–Crippen MR) is 65.5 cm³/mol. The maximum atomic E-state index is 11.8. The lowest BCUT2D eigenvalue weighted by Gasteiger charge is -2.26. The molecule has 0 radical (unpaired) electrons. The smallest absolute Gasteiger partial charge is 0.161 e. The summed E-state index contributed by atoms with van der Waals surface area (Å²) in [7, 11) is -3.03. The molecule has 0 aromatic carbocycles. The van der Waals surface area contributed by atoms with Crippen LogP contribution in [0.2, 0.25) is 0 Å². The zero-order valence-electron chi connectivity index (χ0n) is 10.2. The van der Waals surface area contributed by atoms with Gasteiger partial charge in [0.05, 0.1) is 11.9 Å². The predicted octanol–water partition coefficient (Wildman–Crippen LogP) is 0.134. The van der Waals surface area contributed by atoms with Crippen LogP contribution in [0.3, 0.4) is 0 Å². The summed E-state index contributed by atoms with van der Waals surface area (Å²) < 4.78 is 28.0. The third kappa shape index (κ3) is 4.73. The highest BCUT2D eigenvalue weighted by Gasteiger charge is 2.32. The Morgan fingerprint density at radius 1 is 1.41 bits per heavy atom. The number of sulfone groups is 1. The fourth-order valence-electron chi connectivity index (χ4n) is 2.20. The third-order valence-electron chi connectivity index (χ3n) is 3.19. The Morgan fingerprint density at radius 3 is 2.71 bits per heavy atom. The molecule has 1 fully saturated rings. The van der Waals surface area contributed by atoms with Gasteiger partial charge >= 0.3 is 0 Å². The highest BCUT2D eigenvalue weighted by molar-refractivity contribution is 7.91. The molecule has 0 bridgehead atoms. The maximum Gasteiger partial charge on any atom is 0.161 e. The number of ketones is 1. The van der Waals surface area contributed by atoms with Gasteiger partial charge in [-0.05, 0) is 19.3 Å². The van der Waals surface area contributed by atoms with Gasteiger partial charge < -0.3 is 10.5 Å². The molecule has 1 rings (SSSR count). The lowest BCUT2D eigenvalue weighted by molar-refractivity contribution is -0.128. The minimum Gasteiger partial charge on any atom is -0.372 e. The zero-order chi connectivity index (χ0) is 12.9. The number of ether oxygens (including phenoxy) is 1. The average molecular weight is 263 g/mol. The Kier molecular flexibility index (Phi) is 5.55. The Balaban J connectivity index is 2.46. The van der Waals surface area contributed by atoms with Crippen molar-refractivity contribution in [2.75, 3.05) is 26.0 Å². The molecular formula is C11H21NO4S. The molecule has 0 amide bonds. The highest BCUT2D eigenvalue weighted by Crippen LogP contribution is 2.29. The monoisotopic (exact) mass is 263 g/mol. The first-order valence-electron chi connectivity index (χ1n) is 5.94. The van der Waals surface area contributed by atoms with E-state index in [-0.39, 0.29) is 23.6 Å². The van der Waals surface area contributed by atoms with Crippen LogP contribution in [0.5, 0.6) is 0 Å². The molecule has 0 spiro atoms. The first-order valence-corrected chi connectivity index (χ1v) is 7.90. The molecule has 5 nitrogen and oxygen atoms in total. The number of rotatable bonds is 6. The van der Waals surface area contributed by atoms with Gasteiger partial charge in [0.2, 0.25) is 0 Å². The number of carbonyl (C=O) groups excluding carboxylic acids is 1. The van der Waals surface area contributed by atoms with Crippen LogP contribution in [-0.2, 0) is 19.4 Å². The molecule has 6 heteroatoms. The van der Waals surface area contributed by atoms with Crippen molar-refractivity contribution >= 4 is 15.6 Å². The van der Waals surface area contributed by atoms with E-state index in [1.165, 1.54) is 6.26 Å². The molecule has 100 valence electrons. The fourth-order valence-corrected chi connectivity index (χ4v) is 3.38. The number of hydrogen-bond acceptors (Lipinski definition) is 5. The molecule has 0 saturated heterocycles. The van der Waals surface area contributed by atoms with E-state index in [2.05, 4.69) is 0 Å². The van der Waals surface area contributed by atoms with E-state index in [1.54, 1.807) is 0 Å². The lowest BCUT2D eigenvalue weighted by Crippen LogP contribution is -2.32. The summed E-state index contributed by atoms with van der Waals surface area (Å²) in [5.74, 6) is -0.159. The summed E-state index contributed by atoms with van der Waals surface area (Å²) in [5, 5.41) is -0.361. The number of carbonyl (C=O) groups is 1. The van der Waals surface area contributed by atoms with Gasteiger partial charge in [-0.25, -0.2) is 8.42 Å². The SMILES string of the molecule is CS(=O)(=O)C1CCCC(C(=O)COCCN)C1. The van der Waals surface area contributed by atoms with Gasteiger partial charge in [-0.15, -0.1) is 0 Å². The van der Waals surface area contributed by atoms with E-state index in [9.17, 15) is 13.2 Å². The van der Waals surface area contributed by atoms with Gasteiger partial charge in [0.25, 0.3) is 0 Å². The Hall–Kier alpha value is -0.460. The van der Waals surface area contributed by atoms with Crippen LogP contribution in [0.1, 0.15) is 25.7 Å². The summed E-state index contributed by atoms with van der Waals surface area (Å²) in [6.45, 7) is 0.816. The second kappa shape index (κ2) is 6.47. The van der Waals surface area contributed by atoms with Crippen molar-refractivity contribution in [3.05, 3.63) is 0 Å². The van der Waals surface area contributed by atoms with Gasteiger partial charge in [-0.1, -0.05) is 6.42 Å². The van der Waals surface area contributed by atoms with Crippen molar-refractivity contribution < 1.29 is 17.9 Å². The van der Waals surface area contributed by atoms with E-state index in [4.69, 9.17) is 10.5 Å². The first kappa shape index (κ1) is 14.6. The molecule has 0 aromatic rings. The minimum atomic E-state index is -3.03. The van der Waals surface area contributed by atoms with Gasteiger partial charge in [0.1, 0.15) is 16.4 Å². The maximum absolute atomic E-state index is 11.8. The van der Waals surface area contributed by atoms with Crippen LogP contribution < -0.4 is 5.73 Å². The zero-order valence-corrected chi connectivity index (χ0v) is 11.0. The van der Waals surface area contributed by atoms with E-state index in [0.717, 1.165) is 12.8 Å². The van der Waals surface area contributed by atoms with Crippen molar-refractivity contribution in [2.45, 2.75) is 30.9 Å². The third-order valence-corrected chi connectivity index (χ3v) is 4.83. The molecule has 0 aromatic heterocycles. The summed E-state index contributed by atoms with van der Waals surface area (Å²) in [4.78, 5) is 11.8. The van der Waals surface area contributed by atoms with Crippen LogP contribution in [-0.4, -0.2) is 45.5 Å². The van der Waals surface area contributed by atoms with Gasteiger partial charge in [0.15, 0.2) is 5.78 Å². The summed E-state index contributed by atoms with van der Waals surface area (Å²) >= 11 is 0. The van der Waals surface area contributed by atoms with Crippen molar-refractivity contribution in [2.24, 2.45) is 11.7 Å². The van der Waals surface area contributed by atoms with Crippen LogP contribution in [0.25, 0.3) is 0 Å².